The average molecular weight is 267 g/mol. The van der Waals surface area contributed by atoms with E-state index in [1.165, 1.54) is 13.5 Å². The zero-order valence-corrected chi connectivity index (χ0v) is 12.4. The maximum atomic E-state index is 12.1. The van der Waals surface area contributed by atoms with Gasteiger partial charge in [0.1, 0.15) is 0 Å². The number of ether oxygens (including phenoxy) is 1. The number of nitrogens with zero attached hydrogens (tertiary/aromatic N) is 1. The number of esters is 1. The fourth-order valence-electron chi connectivity index (χ4n) is 3.94. The Labute approximate surface area is 115 Å². The zero-order valence-electron chi connectivity index (χ0n) is 12.4. The maximum absolute atomic E-state index is 12.1. The zero-order chi connectivity index (χ0) is 14.2. The number of amides is 1. The molecule has 1 aliphatic carbocycles. The van der Waals surface area contributed by atoms with Crippen LogP contribution in [0, 0.1) is 17.3 Å². The second-order valence-electron chi connectivity index (χ2n) is 7.04. The Kier molecular flexibility index (Phi) is 3.88. The van der Waals surface area contributed by atoms with Crippen molar-refractivity contribution in [3.63, 3.8) is 0 Å². The van der Waals surface area contributed by atoms with Crippen molar-refractivity contribution in [2.45, 2.75) is 52.5 Å². The first-order chi connectivity index (χ1) is 8.82. The van der Waals surface area contributed by atoms with Gasteiger partial charge in [-0.1, -0.05) is 20.8 Å². The lowest BCUT2D eigenvalue weighted by molar-refractivity contribution is -0.145. The van der Waals surface area contributed by atoms with Gasteiger partial charge in [0.15, 0.2) is 0 Å². The Morgan fingerprint density at radius 2 is 2.05 bits per heavy atom. The van der Waals surface area contributed by atoms with Crippen molar-refractivity contribution in [3.05, 3.63) is 0 Å². The summed E-state index contributed by atoms with van der Waals surface area (Å²) in [5.41, 5.74) is 0.284. The van der Waals surface area contributed by atoms with E-state index in [2.05, 4.69) is 20.8 Å². The molecule has 1 amide bonds. The molecule has 0 aromatic rings. The first-order valence-electron chi connectivity index (χ1n) is 7.19. The van der Waals surface area contributed by atoms with Crippen molar-refractivity contribution >= 4 is 11.9 Å². The quantitative estimate of drug-likeness (QED) is 0.721. The topological polar surface area (TPSA) is 46.6 Å². The molecule has 2 rings (SSSR count). The summed E-state index contributed by atoms with van der Waals surface area (Å²) in [4.78, 5) is 25.6. The Balaban J connectivity index is 2.06. The van der Waals surface area contributed by atoms with Gasteiger partial charge in [0.05, 0.1) is 13.0 Å². The molecule has 0 radical (unpaired) electrons. The van der Waals surface area contributed by atoms with Gasteiger partial charge in [-0.15, -0.1) is 0 Å². The van der Waals surface area contributed by atoms with Crippen LogP contribution in [-0.4, -0.2) is 36.5 Å². The van der Waals surface area contributed by atoms with Gasteiger partial charge in [-0.05, 0) is 30.6 Å². The number of hydrogen-bond donors (Lipinski definition) is 0. The fourth-order valence-corrected chi connectivity index (χ4v) is 3.94. The van der Waals surface area contributed by atoms with Crippen LogP contribution < -0.4 is 0 Å². The van der Waals surface area contributed by atoms with Crippen molar-refractivity contribution in [1.29, 1.82) is 0 Å². The highest BCUT2D eigenvalue weighted by Gasteiger charge is 2.42. The highest BCUT2D eigenvalue weighted by atomic mass is 16.5. The van der Waals surface area contributed by atoms with E-state index in [0.29, 0.717) is 24.9 Å². The van der Waals surface area contributed by atoms with E-state index in [-0.39, 0.29) is 23.2 Å². The highest BCUT2D eigenvalue weighted by molar-refractivity contribution is 5.87. The normalized spacial score (nSPS) is 34.4. The molecule has 4 heteroatoms. The van der Waals surface area contributed by atoms with Gasteiger partial charge in [-0.25, -0.2) is 0 Å². The lowest BCUT2D eigenvalue weighted by atomic mass is 9.70. The number of carbonyl (C=O) groups is 2. The first kappa shape index (κ1) is 14.4. The molecule has 2 fully saturated rings. The van der Waals surface area contributed by atoms with E-state index in [4.69, 9.17) is 4.74 Å². The minimum absolute atomic E-state index is 0.116. The molecular weight excluding hydrogens is 242 g/mol. The molecule has 1 saturated heterocycles. The third-order valence-corrected chi connectivity index (χ3v) is 4.50. The summed E-state index contributed by atoms with van der Waals surface area (Å²) in [6, 6.07) is 0.293. The second-order valence-corrected chi connectivity index (χ2v) is 7.04. The molecule has 0 bridgehead atoms. The van der Waals surface area contributed by atoms with Gasteiger partial charge < -0.3 is 9.64 Å². The summed E-state index contributed by atoms with van der Waals surface area (Å²) < 4.78 is 4.76. The van der Waals surface area contributed by atoms with Crippen molar-refractivity contribution in [1.82, 2.24) is 4.90 Å². The minimum atomic E-state index is -0.266. The van der Waals surface area contributed by atoms with Crippen molar-refractivity contribution in [2.75, 3.05) is 13.7 Å². The van der Waals surface area contributed by atoms with Crippen LogP contribution in [0.3, 0.4) is 0 Å². The molecular formula is C15H25NO3. The molecule has 0 N–H and O–H groups in total. The van der Waals surface area contributed by atoms with Gasteiger partial charge in [-0.3, -0.25) is 9.59 Å². The van der Waals surface area contributed by atoms with Crippen molar-refractivity contribution < 1.29 is 14.3 Å². The molecule has 1 heterocycles. The smallest absolute Gasteiger partial charge is 0.310 e. The van der Waals surface area contributed by atoms with Crippen LogP contribution in [0.4, 0.5) is 0 Å². The van der Waals surface area contributed by atoms with Crippen molar-refractivity contribution in [2.24, 2.45) is 17.3 Å². The molecule has 108 valence electrons. The van der Waals surface area contributed by atoms with Gasteiger partial charge in [0, 0.05) is 19.0 Å². The summed E-state index contributed by atoms with van der Waals surface area (Å²) in [6.45, 7) is 7.34. The molecule has 0 spiro atoms. The second kappa shape index (κ2) is 5.14. The van der Waals surface area contributed by atoms with Crippen LogP contribution >= 0.6 is 0 Å². The van der Waals surface area contributed by atoms with Gasteiger partial charge in [0.2, 0.25) is 5.91 Å². The minimum Gasteiger partial charge on any atom is -0.469 e. The molecule has 2 aliphatic rings. The van der Waals surface area contributed by atoms with Crippen LogP contribution in [0.15, 0.2) is 0 Å². The van der Waals surface area contributed by atoms with E-state index >= 15 is 0 Å². The Bertz CT molecular complexity index is 378. The lowest BCUT2D eigenvalue weighted by Gasteiger charge is -2.42. The van der Waals surface area contributed by atoms with E-state index in [0.717, 1.165) is 12.8 Å². The summed E-state index contributed by atoms with van der Waals surface area (Å²) in [5.74, 6) is 0.237. The predicted octanol–water partition coefficient (Wildman–Crippen LogP) is 2.22. The molecule has 0 aromatic carbocycles. The van der Waals surface area contributed by atoms with E-state index in [1.54, 1.807) is 0 Å². The molecule has 3 unspecified atom stereocenters. The Hall–Kier alpha value is -1.06. The number of rotatable bonds is 2. The Morgan fingerprint density at radius 3 is 2.63 bits per heavy atom. The number of methoxy groups -OCH3 is 1. The van der Waals surface area contributed by atoms with Crippen LogP contribution in [0.25, 0.3) is 0 Å². The fraction of sp³-hybridized carbons (Fsp3) is 0.867. The maximum Gasteiger partial charge on any atom is 0.310 e. The molecule has 0 aromatic heterocycles. The lowest BCUT2D eigenvalue weighted by Crippen LogP contribution is -2.44. The largest absolute Gasteiger partial charge is 0.469 e. The number of hydrogen-bond acceptors (Lipinski definition) is 3. The van der Waals surface area contributed by atoms with Crippen molar-refractivity contribution in [3.8, 4) is 0 Å². The third kappa shape index (κ3) is 3.10. The van der Waals surface area contributed by atoms with Crippen LogP contribution in [0.5, 0.6) is 0 Å². The van der Waals surface area contributed by atoms with Crippen LogP contribution in [-0.2, 0) is 14.3 Å². The predicted molar refractivity (Wildman–Crippen MR) is 72.4 cm³/mol. The summed E-state index contributed by atoms with van der Waals surface area (Å²) >= 11 is 0. The van der Waals surface area contributed by atoms with Crippen LogP contribution in [0.1, 0.15) is 46.5 Å². The average Bonchev–Trinajstić information content (AvgIpc) is 2.67. The van der Waals surface area contributed by atoms with Gasteiger partial charge >= 0.3 is 5.97 Å². The summed E-state index contributed by atoms with van der Waals surface area (Å²) in [5, 5.41) is 0. The molecule has 1 aliphatic heterocycles. The SMILES string of the molecule is COC(=O)C1CC(=O)N(C2CC(C)CC(C)(C)C2)C1. The van der Waals surface area contributed by atoms with Gasteiger partial charge in [0.25, 0.3) is 0 Å². The molecule has 19 heavy (non-hydrogen) atoms. The van der Waals surface area contributed by atoms with Gasteiger partial charge in [-0.2, -0.15) is 0 Å². The van der Waals surface area contributed by atoms with E-state index in [9.17, 15) is 9.59 Å². The number of likely N-dealkylation sites (tertiary alicyclic amines) is 1. The molecule has 4 nitrogen and oxygen atoms in total. The van der Waals surface area contributed by atoms with E-state index in [1.807, 2.05) is 4.90 Å². The first-order valence-corrected chi connectivity index (χ1v) is 7.19. The summed E-state index contributed by atoms with van der Waals surface area (Å²) in [6.07, 6.45) is 3.63. The standard InChI is InChI=1S/C15H25NO3/c1-10-5-12(8-15(2,3)7-10)16-9-11(6-13(16)17)14(18)19-4/h10-12H,5-9H2,1-4H3. The summed E-state index contributed by atoms with van der Waals surface area (Å²) in [7, 11) is 1.39. The highest BCUT2D eigenvalue weighted by Crippen LogP contribution is 2.41. The monoisotopic (exact) mass is 267 g/mol. The molecule has 1 saturated carbocycles. The third-order valence-electron chi connectivity index (χ3n) is 4.50. The number of carbonyl (C=O) groups excluding carboxylic acids is 2. The Morgan fingerprint density at radius 1 is 1.37 bits per heavy atom. The molecule has 3 atom stereocenters. The van der Waals surface area contributed by atoms with Crippen LogP contribution in [0.2, 0.25) is 0 Å². The van der Waals surface area contributed by atoms with E-state index < -0.39 is 0 Å².